The minimum absolute atomic E-state index is 0.0580. The third-order valence-corrected chi connectivity index (χ3v) is 4.38. The summed E-state index contributed by atoms with van der Waals surface area (Å²) in [5, 5.41) is 6.17. The van der Waals surface area contributed by atoms with Crippen molar-refractivity contribution in [2.45, 2.75) is 30.5 Å². The maximum absolute atomic E-state index is 13.6. The van der Waals surface area contributed by atoms with Gasteiger partial charge in [0.05, 0.1) is 11.1 Å². The first-order valence-electron chi connectivity index (χ1n) is 8.12. The van der Waals surface area contributed by atoms with Crippen LogP contribution in [-0.4, -0.2) is 26.0 Å². The number of benzene rings is 1. The van der Waals surface area contributed by atoms with Gasteiger partial charge < -0.3 is 9.84 Å². The second-order valence-electron chi connectivity index (χ2n) is 6.50. The summed E-state index contributed by atoms with van der Waals surface area (Å²) in [5.74, 6) is -4.56. The summed E-state index contributed by atoms with van der Waals surface area (Å²) < 4.78 is 69.0. The topological polar surface area (TPSA) is 76.7 Å². The van der Waals surface area contributed by atoms with Gasteiger partial charge in [-0.2, -0.15) is 18.2 Å². The molecular formula is C17H12F5N5O. The Morgan fingerprint density at radius 1 is 1.00 bits per heavy atom. The predicted octanol–water partition coefficient (Wildman–Crippen LogP) is 4.28. The summed E-state index contributed by atoms with van der Waals surface area (Å²) in [4.78, 5) is 11.2. The maximum atomic E-state index is 13.6. The van der Waals surface area contributed by atoms with E-state index in [2.05, 4.69) is 29.9 Å². The summed E-state index contributed by atoms with van der Waals surface area (Å²) >= 11 is 0. The fourth-order valence-corrected chi connectivity index (χ4v) is 3.13. The molecule has 146 valence electrons. The zero-order valence-corrected chi connectivity index (χ0v) is 14.0. The van der Waals surface area contributed by atoms with Crippen molar-refractivity contribution in [2.24, 2.45) is 0 Å². The Bertz CT molecular complexity index is 964. The van der Waals surface area contributed by atoms with Crippen molar-refractivity contribution in [1.82, 2.24) is 20.1 Å². The van der Waals surface area contributed by atoms with Crippen LogP contribution in [0.2, 0.25) is 0 Å². The number of nitrogens with one attached hydrogen (secondary N) is 1. The van der Waals surface area contributed by atoms with Crippen LogP contribution >= 0.6 is 0 Å². The molecule has 2 heterocycles. The summed E-state index contributed by atoms with van der Waals surface area (Å²) in [7, 11) is 0. The average molecular weight is 397 g/mol. The van der Waals surface area contributed by atoms with Gasteiger partial charge in [-0.1, -0.05) is 35.5 Å². The van der Waals surface area contributed by atoms with Gasteiger partial charge in [-0.15, -0.1) is 0 Å². The highest BCUT2D eigenvalue weighted by atomic mass is 19.4. The van der Waals surface area contributed by atoms with Crippen molar-refractivity contribution >= 4 is 5.95 Å². The number of aromatic nitrogens is 4. The Hall–Kier alpha value is -3.11. The van der Waals surface area contributed by atoms with Gasteiger partial charge in [0.1, 0.15) is 0 Å². The van der Waals surface area contributed by atoms with E-state index < -0.39 is 36.4 Å². The van der Waals surface area contributed by atoms with Crippen LogP contribution in [0.5, 0.6) is 0 Å². The van der Waals surface area contributed by atoms with Crippen LogP contribution in [0.3, 0.4) is 0 Å². The van der Waals surface area contributed by atoms with Gasteiger partial charge in [0.2, 0.25) is 11.8 Å². The molecule has 0 aliphatic heterocycles. The van der Waals surface area contributed by atoms with Crippen molar-refractivity contribution in [3.8, 4) is 11.4 Å². The van der Waals surface area contributed by atoms with Gasteiger partial charge >= 0.3 is 12.1 Å². The second-order valence-corrected chi connectivity index (χ2v) is 6.50. The molecule has 1 aliphatic carbocycles. The van der Waals surface area contributed by atoms with Crippen molar-refractivity contribution in [3.05, 3.63) is 54.2 Å². The number of hydrogen-bond donors (Lipinski definition) is 1. The third-order valence-electron chi connectivity index (χ3n) is 4.38. The molecule has 1 aliphatic rings. The molecule has 0 unspecified atom stereocenters. The summed E-state index contributed by atoms with van der Waals surface area (Å²) in [6.07, 6.45) is -3.22. The number of nitrogens with zero attached hydrogens (tertiary/aromatic N) is 4. The van der Waals surface area contributed by atoms with E-state index in [4.69, 9.17) is 0 Å². The minimum Gasteiger partial charge on any atom is -0.344 e. The maximum Gasteiger partial charge on any atom is 0.471 e. The minimum atomic E-state index is -4.76. The molecule has 1 fully saturated rings. The highest BCUT2D eigenvalue weighted by Gasteiger charge is 2.57. The quantitative estimate of drug-likeness (QED) is 0.663. The zero-order chi connectivity index (χ0) is 20.0. The molecule has 0 radical (unpaired) electrons. The van der Waals surface area contributed by atoms with E-state index in [9.17, 15) is 22.0 Å². The number of alkyl halides is 5. The summed E-state index contributed by atoms with van der Waals surface area (Å²) in [5.41, 5.74) is -0.263. The van der Waals surface area contributed by atoms with Crippen molar-refractivity contribution in [3.63, 3.8) is 0 Å². The Balaban J connectivity index is 1.56. The number of rotatable bonds is 4. The van der Waals surface area contributed by atoms with Crippen LogP contribution in [0.4, 0.5) is 27.9 Å². The molecule has 0 bridgehead atoms. The van der Waals surface area contributed by atoms with E-state index in [1.54, 1.807) is 30.3 Å². The van der Waals surface area contributed by atoms with Crippen molar-refractivity contribution < 1.29 is 26.5 Å². The molecule has 6 nitrogen and oxygen atoms in total. The molecule has 1 saturated carbocycles. The van der Waals surface area contributed by atoms with Gasteiger partial charge in [0, 0.05) is 25.2 Å². The molecule has 1 aromatic carbocycles. The first-order chi connectivity index (χ1) is 13.2. The first kappa shape index (κ1) is 18.3. The Kier molecular flexibility index (Phi) is 4.05. The van der Waals surface area contributed by atoms with E-state index in [0.29, 0.717) is 5.56 Å². The SMILES string of the molecule is FC1(F)CC(Nc2ncc(-c3noc(C(F)(F)F)n3)cn2)(c2ccccc2)C1. The van der Waals surface area contributed by atoms with Crippen LogP contribution in [-0.2, 0) is 11.7 Å². The Morgan fingerprint density at radius 3 is 2.18 bits per heavy atom. The van der Waals surface area contributed by atoms with Crippen LogP contribution in [0.1, 0.15) is 24.3 Å². The van der Waals surface area contributed by atoms with E-state index >= 15 is 0 Å². The van der Waals surface area contributed by atoms with E-state index in [1.165, 1.54) is 12.4 Å². The molecule has 0 saturated heterocycles. The highest BCUT2D eigenvalue weighted by Crippen LogP contribution is 2.53. The molecule has 11 heteroatoms. The lowest BCUT2D eigenvalue weighted by Gasteiger charge is -2.48. The Labute approximate surface area is 154 Å². The van der Waals surface area contributed by atoms with Crippen LogP contribution in [0, 0.1) is 0 Å². The molecule has 28 heavy (non-hydrogen) atoms. The molecule has 4 rings (SSSR count). The van der Waals surface area contributed by atoms with E-state index in [1.807, 2.05) is 0 Å². The van der Waals surface area contributed by atoms with Gasteiger partial charge in [-0.05, 0) is 5.56 Å². The van der Waals surface area contributed by atoms with Crippen molar-refractivity contribution in [1.29, 1.82) is 0 Å². The lowest BCUT2D eigenvalue weighted by atomic mass is 9.69. The van der Waals surface area contributed by atoms with Gasteiger partial charge in [0.15, 0.2) is 0 Å². The Morgan fingerprint density at radius 2 is 1.64 bits per heavy atom. The monoisotopic (exact) mass is 397 g/mol. The van der Waals surface area contributed by atoms with E-state index in [0.717, 1.165) is 0 Å². The zero-order valence-electron chi connectivity index (χ0n) is 14.0. The standard InChI is InChI=1S/C17H12F5N5O/c18-16(19)8-15(9-16,11-4-2-1-3-5-11)26-14-23-6-10(7-24-14)12-25-13(28-27-12)17(20,21)22/h1-7H,8-9H2,(H,23,24,26). The predicted molar refractivity (Wildman–Crippen MR) is 86.2 cm³/mol. The fraction of sp³-hybridized carbons (Fsp3) is 0.294. The van der Waals surface area contributed by atoms with Crippen LogP contribution in [0.15, 0.2) is 47.2 Å². The summed E-state index contributed by atoms with van der Waals surface area (Å²) in [6.45, 7) is 0. The molecule has 0 atom stereocenters. The van der Waals surface area contributed by atoms with Gasteiger partial charge in [-0.3, -0.25) is 0 Å². The number of hydrogen-bond acceptors (Lipinski definition) is 6. The number of halogens is 5. The second kappa shape index (κ2) is 6.21. The largest absolute Gasteiger partial charge is 0.471 e. The van der Waals surface area contributed by atoms with Crippen LogP contribution < -0.4 is 5.32 Å². The lowest BCUT2D eigenvalue weighted by molar-refractivity contribution is -0.159. The molecule has 3 aromatic rings. The molecule has 0 amide bonds. The summed E-state index contributed by atoms with van der Waals surface area (Å²) in [6, 6.07) is 8.73. The third kappa shape index (κ3) is 3.39. The number of anilines is 1. The molecular weight excluding hydrogens is 385 g/mol. The van der Waals surface area contributed by atoms with E-state index in [-0.39, 0.29) is 17.3 Å². The molecule has 2 aromatic heterocycles. The molecule has 1 N–H and O–H groups in total. The first-order valence-corrected chi connectivity index (χ1v) is 8.12. The fourth-order valence-electron chi connectivity index (χ4n) is 3.13. The highest BCUT2D eigenvalue weighted by molar-refractivity contribution is 5.53. The van der Waals surface area contributed by atoms with Gasteiger partial charge in [0.25, 0.3) is 5.92 Å². The average Bonchev–Trinajstić information content (AvgIpc) is 3.12. The molecule has 0 spiro atoms. The van der Waals surface area contributed by atoms with Crippen LogP contribution in [0.25, 0.3) is 11.4 Å². The smallest absolute Gasteiger partial charge is 0.344 e. The van der Waals surface area contributed by atoms with Crippen molar-refractivity contribution in [2.75, 3.05) is 5.32 Å². The lowest BCUT2D eigenvalue weighted by Crippen LogP contribution is -2.54. The van der Waals surface area contributed by atoms with Gasteiger partial charge in [-0.25, -0.2) is 18.7 Å². The normalized spacial score (nSPS) is 17.8.